The Kier molecular flexibility index (Phi) is 8.52. The van der Waals surface area contributed by atoms with E-state index in [2.05, 4.69) is 10.9 Å². The van der Waals surface area contributed by atoms with Crippen molar-refractivity contribution in [1.82, 2.24) is 15.4 Å². The van der Waals surface area contributed by atoms with Gasteiger partial charge in [-0.2, -0.15) is 0 Å². The Hall–Kier alpha value is -3.29. The number of pyridine rings is 1. The number of ether oxygens (including phenoxy) is 1. The molecule has 2 N–H and O–H groups in total. The van der Waals surface area contributed by atoms with Crippen molar-refractivity contribution in [2.24, 2.45) is 0 Å². The number of carbonyl (C=O) groups is 2. The number of hydrogen-bond acceptors (Lipinski definition) is 4. The van der Waals surface area contributed by atoms with Gasteiger partial charge >= 0.3 is 0 Å². The van der Waals surface area contributed by atoms with Crippen LogP contribution in [-0.2, 0) is 11.3 Å². The zero-order chi connectivity index (χ0) is 23.8. The van der Waals surface area contributed by atoms with Crippen molar-refractivity contribution in [3.8, 4) is 5.75 Å². The van der Waals surface area contributed by atoms with Gasteiger partial charge < -0.3 is 9.30 Å². The van der Waals surface area contributed by atoms with Crippen LogP contribution in [0.3, 0.4) is 0 Å². The molecule has 1 heterocycles. The third-order valence-electron chi connectivity index (χ3n) is 4.72. The predicted octanol–water partition coefficient (Wildman–Crippen LogP) is 4.13. The van der Waals surface area contributed by atoms with Crippen molar-refractivity contribution >= 4 is 35.0 Å². The first kappa shape index (κ1) is 24.4. The normalized spacial score (nSPS) is 10.5. The first-order valence-corrected chi connectivity index (χ1v) is 11.0. The Bertz CT molecular complexity index is 1210. The molecular weight excluding hydrogens is 465 g/mol. The fourth-order valence-corrected chi connectivity index (χ4v) is 3.57. The van der Waals surface area contributed by atoms with Gasteiger partial charge in [-0.3, -0.25) is 25.2 Å². The van der Waals surface area contributed by atoms with E-state index in [1.807, 2.05) is 31.2 Å². The molecule has 0 atom stereocenters. The highest BCUT2D eigenvalue weighted by molar-refractivity contribution is 6.35. The molecule has 0 saturated heterocycles. The third-order valence-corrected chi connectivity index (χ3v) is 5.25. The molecule has 2 aromatic carbocycles. The number of halogens is 2. The first-order valence-electron chi connectivity index (χ1n) is 10.3. The number of nitrogens with zero attached hydrogens (tertiary/aromatic N) is 1. The molecule has 2 amide bonds. The zero-order valence-corrected chi connectivity index (χ0v) is 19.4. The van der Waals surface area contributed by atoms with Gasteiger partial charge in [0.2, 0.25) is 5.91 Å². The van der Waals surface area contributed by atoms with Gasteiger partial charge in [0.25, 0.3) is 11.5 Å². The molecule has 0 radical (unpaired) electrons. The topological polar surface area (TPSA) is 89.4 Å². The van der Waals surface area contributed by atoms with Gasteiger partial charge in [-0.1, -0.05) is 53.0 Å². The standard InChI is InChI=1S/C24H23Cl2N3O4/c1-16-5-2-6-17(13-16)15-29-11-3-7-19(24(29)32)23(31)28-27-22(30)8-4-12-33-21-10-9-18(25)14-20(21)26/h2-3,5-7,9-11,13-14H,4,8,12,15H2,1H3,(H,27,30)(H,28,31). The van der Waals surface area contributed by atoms with Crippen molar-refractivity contribution < 1.29 is 14.3 Å². The maximum atomic E-state index is 12.7. The Labute approximate surface area is 201 Å². The molecule has 1 aromatic heterocycles. The van der Waals surface area contributed by atoms with Crippen molar-refractivity contribution in [2.45, 2.75) is 26.3 Å². The van der Waals surface area contributed by atoms with Crippen molar-refractivity contribution in [1.29, 1.82) is 0 Å². The summed E-state index contributed by atoms with van der Waals surface area (Å²) in [6.45, 7) is 2.56. The largest absolute Gasteiger partial charge is 0.492 e. The Balaban J connectivity index is 1.48. The fourth-order valence-electron chi connectivity index (χ4n) is 3.10. The fraction of sp³-hybridized carbons (Fsp3) is 0.208. The Morgan fingerprint density at radius 2 is 1.85 bits per heavy atom. The number of nitrogens with one attached hydrogen (secondary N) is 2. The molecule has 0 aliphatic carbocycles. The molecule has 3 rings (SSSR count). The minimum absolute atomic E-state index is 0.0637. The van der Waals surface area contributed by atoms with Crippen LogP contribution in [0.2, 0.25) is 10.0 Å². The third kappa shape index (κ3) is 7.10. The van der Waals surface area contributed by atoms with E-state index >= 15 is 0 Å². The SMILES string of the molecule is Cc1cccc(Cn2cccc(C(=O)NNC(=O)CCCOc3ccc(Cl)cc3Cl)c2=O)c1. The molecule has 9 heteroatoms. The van der Waals surface area contributed by atoms with Crippen LogP contribution in [0.15, 0.2) is 65.6 Å². The van der Waals surface area contributed by atoms with Gasteiger partial charge in [-0.25, -0.2) is 0 Å². The lowest BCUT2D eigenvalue weighted by Crippen LogP contribution is -2.44. The molecule has 0 bridgehead atoms. The van der Waals surface area contributed by atoms with E-state index in [1.54, 1.807) is 30.5 Å². The molecule has 0 saturated carbocycles. The molecule has 0 unspecified atom stereocenters. The van der Waals surface area contributed by atoms with Crippen LogP contribution in [0.25, 0.3) is 0 Å². The van der Waals surface area contributed by atoms with Crippen LogP contribution in [0.5, 0.6) is 5.75 Å². The van der Waals surface area contributed by atoms with Crippen molar-refractivity contribution in [2.75, 3.05) is 6.61 Å². The lowest BCUT2D eigenvalue weighted by molar-refractivity contribution is -0.122. The summed E-state index contributed by atoms with van der Waals surface area (Å²) in [5, 5.41) is 0.887. The number of amides is 2. The van der Waals surface area contributed by atoms with Crippen LogP contribution >= 0.6 is 23.2 Å². The molecule has 0 aliphatic rings. The van der Waals surface area contributed by atoms with Crippen molar-refractivity contribution in [3.63, 3.8) is 0 Å². The smallest absolute Gasteiger partial charge is 0.275 e. The van der Waals surface area contributed by atoms with E-state index in [-0.39, 0.29) is 18.6 Å². The predicted molar refractivity (Wildman–Crippen MR) is 128 cm³/mol. The molecular formula is C24H23Cl2N3O4. The number of hydrazine groups is 1. The lowest BCUT2D eigenvalue weighted by Gasteiger charge is -2.11. The maximum Gasteiger partial charge on any atom is 0.275 e. The highest BCUT2D eigenvalue weighted by atomic mass is 35.5. The summed E-state index contributed by atoms with van der Waals surface area (Å²) >= 11 is 11.9. The number of rotatable bonds is 8. The molecule has 7 nitrogen and oxygen atoms in total. The molecule has 3 aromatic rings. The van der Waals surface area contributed by atoms with Crippen LogP contribution in [-0.4, -0.2) is 23.0 Å². The summed E-state index contributed by atoms with van der Waals surface area (Å²) in [6.07, 6.45) is 2.13. The van der Waals surface area contributed by atoms with E-state index < -0.39 is 17.4 Å². The second-order valence-corrected chi connectivity index (χ2v) is 8.22. The summed E-state index contributed by atoms with van der Waals surface area (Å²) < 4.78 is 6.97. The number of aromatic nitrogens is 1. The average molecular weight is 488 g/mol. The lowest BCUT2D eigenvalue weighted by atomic mass is 10.1. The van der Waals surface area contributed by atoms with E-state index in [0.717, 1.165) is 11.1 Å². The van der Waals surface area contributed by atoms with E-state index in [1.165, 1.54) is 10.6 Å². The van der Waals surface area contributed by atoms with Gasteiger partial charge in [0.05, 0.1) is 18.2 Å². The Morgan fingerprint density at radius 3 is 2.61 bits per heavy atom. The highest BCUT2D eigenvalue weighted by Gasteiger charge is 2.13. The molecule has 33 heavy (non-hydrogen) atoms. The summed E-state index contributed by atoms with van der Waals surface area (Å²) in [5.41, 5.74) is 6.12. The second-order valence-electron chi connectivity index (χ2n) is 7.37. The van der Waals surface area contributed by atoms with Gasteiger partial charge in [0, 0.05) is 17.6 Å². The summed E-state index contributed by atoms with van der Waals surface area (Å²) in [6, 6.07) is 15.7. The second kappa shape index (κ2) is 11.5. The number of benzene rings is 2. The Morgan fingerprint density at radius 1 is 1.03 bits per heavy atom. The van der Waals surface area contributed by atoms with Gasteiger partial charge in [-0.15, -0.1) is 0 Å². The van der Waals surface area contributed by atoms with Crippen molar-refractivity contribution in [3.05, 3.63) is 97.9 Å². The minimum Gasteiger partial charge on any atom is -0.492 e. The summed E-state index contributed by atoms with van der Waals surface area (Å²) in [7, 11) is 0. The average Bonchev–Trinajstić information content (AvgIpc) is 2.78. The quantitative estimate of drug-likeness (QED) is 0.369. The zero-order valence-electron chi connectivity index (χ0n) is 17.9. The van der Waals surface area contributed by atoms with Crippen LogP contribution in [0.4, 0.5) is 0 Å². The van der Waals surface area contributed by atoms with Crippen LogP contribution < -0.4 is 21.1 Å². The summed E-state index contributed by atoms with van der Waals surface area (Å²) in [4.78, 5) is 37.1. The number of carbonyl (C=O) groups excluding carboxylic acids is 2. The molecule has 0 fully saturated rings. The highest BCUT2D eigenvalue weighted by Crippen LogP contribution is 2.27. The van der Waals surface area contributed by atoms with E-state index in [9.17, 15) is 14.4 Å². The first-order chi connectivity index (χ1) is 15.8. The molecule has 0 aliphatic heterocycles. The minimum atomic E-state index is -0.684. The monoisotopic (exact) mass is 487 g/mol. The van der Waals surface area contributed by atoms with Crippen LogP contribution in [0.1, 0.15) is 34.3 Å². The van der Waals surface area contributed by atoms with Gasteiger partial charge in [-0.05, 0) is 49.2 Å². The molecule has 172 valence electrons. The van der Waals surface area contributed by atoms with Gasteiger partial charge in [0.1, 0.15) is 11.3 Å². The van der Waals surface area contributed by atoms with E-state index in [4.69, 9.17) is 27.9 Å². The maximum absolute atomic E-state index is 12.7. The van der Waals surface area contributed by atoms with Gasteiger partial charge in [0.15, 0.2) is 0 Å². The molecule has 0 spiro atoms. The number of hydrogen-bond donors (Lipinski definition) is 2. The van der Waals surface area contributed by atoms with E-state index in [0.29, 0.717) is 28.8 Å². The summed E-state index contributed by atoms with van der Waals surface area (Å²) in [5.74, 6) is -0.623. The van der Waals surface area contributed by atoms with Crippen LogP contribution in [0, 0.1) is 6.92 Å². The number of aryl methyl sites for hydroxylation is 1.